The zero-order chi connectivity index (χ0) is 21.8. The standard InChI is InChI=1S/C23H24FNO5/c1-4-5-12-25-20(14-6-9-16(24)10-7-14)19(22(27)23(25)28)21(26)15-8-11-17(29-2)18(13-15)30-3/h6-11,13,20,26H,4-5,12H2,1-3H3/b21-19-. The third kappa shape index (κ3) is 3.87. The molecular formula is C23H24FNO5. The Balaban J connectivity index is 2.16. The summed E-state index contributed by atoms with van der Waals surface area (Å²) >= 11 is 0. The molecule has 0 radical (unpaired) electrons. The van der Waals surface area contributed by atoms with Gasteiger partial charge in [0.25, 0.3) is 11.7 Å². The van der Waals surface area contributed by atoms with Crippen LogP contribution in [0.5, 0.6) is 11.5 Å². The highest BCUT2D eigenvalue weighted by Gasteiger charge is 2.45. The van der Waals surface area contributed by atoms with Gasteiger partial charge in [-0.3, -0.25) is 9.59 Å². The molecular weight excluding hydrogens is 389 g/mol. The molecule has 30 heavy (non-hydrogen) atoms. The summed E-state index contributed by atoms with van der Waals surface area (Å²) in [7, 11) is 2.95. The average molecular weight is 413 g/mol. The van der Waals surface area contributed by atoms with Gasteiger partial charge in [-0.05, 0) is 42.3 Å². The maximum Gasteiger partial charge on any atom is 0.295 e. The van der Waals surface area contributed by atoms with Gasteiger partial charge >= 0.3 is 0 Å². The van der Waals surface area contributed by atoms with Crippen molar-refractivity contribution in [3.05, 3.63) is 65.0 Å². The Labute approximate surface area is 174 Å². The fourth-order valence-electron chi connectivity index (χ4n) is 3.57. The Bertz CT molecular complexity index is 984. The molecule has 0 saturated carbocycles. The summed E-state index contributed by atoms with van der Waals surface area (Å²) in [6.07, 6.45) is 1.52. The SMILES string of the molecule is CCCCN1C(=O)C(=O)/C(=C(\O)c2ccc(OC)c(OC)c2)C1c1ccc(F)cc1. The molecule has 1 heterocycles. The van der Waals surface area contributed by atoms with Crippen LogP contribution in [-0.4, -0.2) is 42.5 Å². The highest BCUT2D eigenvalue weighted by atomic mass is 19.1. The number of hydrogen-bond acceptors (Lipinski definition) is 5. The second-order valence-corrected chi connectivity index (χ2v) is 6.97. The van der Waals surface area contributed by atoms with E-state index in [9.17, 15) is 19.1 Å². The van der Waals surface area contributed by atoms with Crippen molar-refractivity contribution in [2.24, 2.45) is 0 Å². The van der Waals surface area contributed by atoms with Crippen LogP contribution < -0.4 is 9.47 Å². The van der Waals surface area contributed by atoms with Crippen molar-refractivity contribution in [1.29, 1.82) is 0 Å². The summed E-state index contributed by atoms with van der Waals surface area (Å²) in [5.74, 6) is -1.35. The van der Waals surface area contributed by atoms with Crippen LogP contribution in [0.25, 0.3) is 5.76 Å². The predicted molar refractivity (Wildman–Crippen MR) is 110 cm³/mol. The molecule has 0 bridgehead atoms. The van der Waals surface area contributed by atoms with Gasteiger partial charge in [0.1, 0.15) is 11.6 Å². The number of benzene rings is 2. The van der Waals surface area contributed by atoms with Crippen LogP contribution in [0.4, 0.5) is 4.39 Å². The lowest BCUT2D eigenvalue weighted by molar-refractivity contribution is -0.139. The van der Waals surface area contributed by atoms with E-state index >= 15 is 0 Å². The van der Waals surface area contributed by atoms with Gasteiger partial charge < -0.3 is 19.5 Å². The third-order valence-electron chi connectivity index (χ3n) is 5.14. The molecule has 6 nitrogen and oxygen atoms in total. The molecule has 2 aromatic rings. The molecule has 1 aliphatic rings. The lowest BCUT2D eigenvalue weighted by Gasteiger charge is -2.25. The zero-order valence-electron chi connectivity index (χ0n) is 17.1. The Morgan fingerprint density at radius 2 is 1.73 bits per heavy atom. The lowest BCUT2D eigenvalue weighted by Crippen LogP contribution is -2.30. The summed E-state index contributed by atoms with van der Waals surface area (Å²) < 4.78 is 24.0. The summed E-state index contributed by atoms with van der Waals surface area (Å²) in [5, 5.41) is 11.0. The van der Waals surface area contributed by atoms with Gasteiger partial charge in [0.2, 0.25) is 0 Å². The van der Waals surface area contributed by atoms with Crippen LogP contribution >= 0.6 is 0 Å². The maximum atomic E-state index is 13.5. The van der Waals surface area contributed by atoms with E-state index in [1.165, 1.54) is 49.5 Å². The van der Waals surface area contributed by atoms with Crippen molar-refractivity contribution in [3.63, 3.8) is 0 Å². The number of carbonyl (C=O) groups is 2. The molecule has 0 aliphatic carbocycles. The smallest absolute Gasteiger partial charge is 0.295 e. The van der Waals surface area contributed by atoms with E-state index in [0.29, 0.717) is 35.6 Å². The van der Waals surface area contributed by atoms with Crippen LogP contribution in [0.1, 0.15) is 36.9 Å². The fraction of sp³-hybridized carbons (Fsp3) is 0.304. The first-order valence-corrected chi connectivity index (χ1v) is 9.69. The Hall–Kier alpha value is -3.35. The van der Waals surface area contributed by atoms with E-state index in [-0.39, 0.29) is 11.3 Å². The molecule has 1 aliphatic heterocycles. The Morgan fingerprint density at radius 3 is 2.33 bits per heavy atom. The van der Waals surface area contributed by atoms with Gasteiger partial charge in [-0.2, -0.15) is 0 Å². The molecule has 1 amide bonds. The van der Waals surface area contributed by atoms with Crippen molar-refractivity contribution in [2.75, 3.05) is 20.8 Å². The van der Waals surface area contributed by atoms with Crippen molar-refractivity contribution in [3.8, 4) is 11.5 Å². The number of aliphatic hydroxyl groups excluding tert-OH is 1. The van der Waals surface area contributed by atoms with Crippen LogP contribution in [0.15, 0.2) is 48.0 Å². The van der Waals surface area contributed by atoms with E-state index in [0.717, 1.165) is 6.42 Å². The van der Waals surface area contributed by atoms with Gasteiger partial charge in [0.15, 0.2) is 11.5 Å². The first-order valence-electron chi connectivity index (χ1n) is 9.69. The topological polar surface area (TPSA) is 76.1 Å². The number of ketones is 1. The first kappa shape index (κ1) is 21.4. The van der Waals surface area contributed by atoms with Crippen molar-refractivity contribution >= 4 is 17.4 Å². The van der Waals surface area contributed by atoms with Crippen LogP contribution in [0.3, 0.4) is 0 Å². The number of nitrogens with zero attached hydrogens (tertiary/aromatic N) is 1. The highest BCUT2D eigenvalue weighted by Crippen LogP contribution is 2.40. The van der Waals surface area contributed by atoms with Gasteiger partial charge in [-0.15, -0.1) is 0 Å². The second-order valence-electron chi connectivity index (χ2n) is 6.97. The number of methoxy groups -OCH3 is 2. The van der Waals surface area contributed by atoms with Crippen LogP contribution in [0, 0.1) is 5.82 Å². The molecule has 2 aromatic carbocycles. The number of amides is 1. The summed E-state index contributed by atoms with van der Waals surface area (Å²) in [4.78, 5) is 27.1. The third-order valence-corrected chi connectivity index (χ3v) is 5.14. The largest absolute Gasteiger partial charge is 0.507 e. The number of Topliss-reactive ketones (excluding diaryl/α,β-unsaturated/α-hetero) is 1. The quantitative estimate of drug-likeness (QED) is 0.421. The van der Waals surface area contributed by atoms with E-state index in [4.69, 9.17) is 9.47 Å². The normalized spacial score (nSPS) is 18.0. The van der Waals surface area contributed by atoms with Crippen molar-refractivity contribution in [2.45, 2.75) is 25.8 Å². The molecule has 1 saturated heterocycles. The molecule has 3 rings (SSSR count). The molecule has 1 unspecified atom stereocenters. The number of carbonyl (C=O) groups excluding carboxylic acids is 2. The minimum absolute atomic E-state index is 0.0325. The average Bonchev–Trinajstić information content (AvgIpc) is 3.01. The van der Waals surface area contributed by atoms with Gasteiger partial charge in [-0.25, -0.2) is 4.39 Å². The second kappa shape index (κ2) is 8.98. The van der Waals surface area contributed by atoms with E-state index < -0.39 is 23.5 Å². The number of ether oxygens (including phenoxy) is 2. The molecule has 1 N–H and O–H groups in total. The van der Waals surface area contributed by atoms with Gasteiger partial charge in [-0.1, -0.05) is 25.5 Å². The van der Waals surface area contributed by atoms with Gasteiger partial charge in [0.05, 0.1) is 25.8 Å². The number of hydrogen-bond donors (Lipinski definition) is 1. The van der Waals surface area contributed by atoms with E-state index in [2.05, 4.69) is 0 Å². The lowest BCUT2D eigenvalue weighted by atomic mass is 9.95. The minimum Gasteiger partial charge on any atom is -0.507 e. The molecule has 1 fully saturated rings. The first-order chi connectivity index (χ1) is 14.4. The Morgan fingerprint density at radius 1 is 1.07 bits per heavy atom. The highest BCUT2D eigenvalue weighted by molar-refractivity contribution is 6.46. The van der Waals surface area contributed by atoms with Crippen LogP contribution in [0.2, 0.25) is 0 Å². The van der Waals surface area contributed by atoms with E-state index in [1.807, 2.05) is 6.92 Å². The van der Waals surface area contributed by atoms with Crippen LogP contribution in [-0.2, 0) is 9.59 Å². The molecule has 1 atom stereocenters. The Kier molecular flexibility index (Phi) is 6.40. The van der Waals surface area contributed by atoms with Gasteiger partial charge in [0, 0.05) is 12.1 Å². The molecule has 7 heteroatoms. The molecule has 0 spiro atoms. The predicted octanol–water partition coefficient (Wildman–Crippen LogP) is 4.06. The summed E-state index contributed by atoms with van der Waals surface area (Å²) in [5.41, 5.74) is 0.830. The minimum atomic E-state index is -0.801. The molecule has 158 valence electrons. The number of halogens is 1. The maximum absolute atomic E-state index is 13.5. The number of rotatable bonds is 7. The fourth-order valence-corrected chi connectivity index (χ4v) is 3.57. The summed E-state index contributed by atoms with van der Waals surface area (Å²) in [6.45, 7) is 2.33. The van der Waals surface area contributed by atoms with Crippen molar-refractivity contribution in [1.82, 2.24) is 4.90 Å². The monoisotopic (exact) mass is 413 g/mol. The van der Waals surface area contributed by atoms with Crippen molar-refractivity contribution < 1.29 is 28.6 Å². The summed E-state index contributed by atoms with van der Waals surface area (Å²) in [6, 6.07) is 9.50. The van der Waals surface area contributed by atoms with E-state index in [1.54, 1.807) is 12.1 Å². The number of aliphatic hydroxyl groups is 1. The number of likely N-dealkylation sites (tertiary alicyclic amines) is 1. The number of unbranched alkanes of at least 4 members (excludes halogenated alkanes) is 1. The molecule has 0 aromatic heterocycles. The zero-order valence-corrected chi connectivity index (χ0v) is 17.1.